The highest BCUT2D eigenvalue weighted by Crippen LogP contribution is 2.26. The van der Waals surface area contributed by atoms with Gasteiger partial charge in [-0.25, -0.2) is 12.8 Å². The minimum Gasteiger partial charge on any atom is -0.354 e. The summed E-state index contributed by atoms with van der Waals surface area (Å²) < 4.78 is 44.1. The molecule has 236 valence electrons. The van der Waals surface area contributed by atoms with Crippen molar-refractivity contribution in [2.24, 2.45) is 0 Å². The molecule has 7 nitrogen and oxygen atoms in total. The number of amides is 2. The van der Waals surface area contributed by atoms with Gasteiger partial charge in [0.05, 0.1) is 10.6 Å². The molecule has 4 aromatic carbocycles. The molecule has 45 heavy (non-hydrogen) atoms. The molecule has 4 rings (SSSR count). The van der Waals surface area contributed by atoms with Crippen LogP contribution in [0.15, 0.2) is 108 Å². The predicted molar refractivity (Wildman–Crippen MR) is 176 cm³/mol. The highest BCUT2D eigenvalue weighted by atomic mass is 35.5. The van der Waals surface area contributed by atoms with E-state index in [9.17, 15) is 18.0 Å². The summed E-state index contributed by atoms with van der Waals surface area (Å²) in [6.45, 7) is 3.41. The van der Waals surface area contributed by atoms with Gasteiger partial charge in [-0.1, -0.05) is 91.2 Å². The number of carbonyl (C=O) groups excluding carboxylic acids is 2. The van der Waals surface area contributed by atoms with E-state index in [1.165, 1.54) is 35.2 Å². The summed E-state index contributed by atoms with van der Waals surface area (Å²) in [5, 5.41) is 3.28. The van der Waals surface area contributed by atoms with E-state index in [4.69, 9.17) is 11.6 Å². The van der Waals surface area contributed by atoms with Crippen molar-refractivity contribution in [1.82, 2.24) is 10.2 Å². The topological polar surface area (TPSA) is 86.8 Å². The summed E-state index contributed by atoms with van der Waals surface area (Å²) in [7, 11) is -4.26. The number of anilines is 1. The lowest BCUT2D eigenvalue weighted by atomic mass is 10.0. The molecule has 10 heteroatoms. The summed E-state index contributed by atoms with van der Waals surface area (Å²) in [4.78, 5) is 29.4. The monoisotopic (exact) mass is 649 g/mol. The zero-order valence-corrected chi connectivity index (χ0v) is 26.9. The highest BCUT2D eigenvalue weighted by molar-refractivity contribution is 7.92. The second-order valence-corrected chi connectivity index (χ2v) is 13.1. The first-order valence-corrected chi connectivity index (χ1v) is 16.6. The van der Waals surface area contributed by atoms with Crippen LogP contribution in [0.3, 0.4) is 0 Å². The highest BCUT2D eigenvalue weighted by Gasteiger charge is 2.35. The molecule has 2 amide bonds. The Morgan fingerprint density at radius 2 is 1.53 bits per heavy atom. The van der Waals surface area contributed by atoms with Gasteiger partial charge in [-0.2, -0.15) is 0 Å². The molecule has 1 atom stereocenters. The molecule has 0 aliphatic carbocycles. The Kier molecular flexibility index (Phi) is 11.7. The van der Waals surface area contributed by atoms with Crippen molar-refractivity contribution >= 4 is 39.1 Å². The minimum atomic E-state index is -4.26. The first-order chi connectivity index (χ1) is 21.6. The van der Waals surface area contributed by atoms with E-state index in [0.717, 1.165) is 28.3 Å². The molecule has 0 saturated carbocycles. The van der Waals surface area contributed by atoms with Crippen molar-refractivity contribution in [2.45, 2.75) is 50.6 Å². The second-order valence-electron chi connectivity index (χ2n) is 10.8. The van der Waals surface area contributed by atoms with E-state index in [1.54, 1.807) is 42.5 Å². The number of aryl methyl sites for hydroxylation is 1. The van der Waals surface area contributed by atoms with Crippen molar-refractivity contribution in [3.8, 4) is 0 Å². The maximum Gasteiger partial charge on any atom is 0.264 e. The second kappa shape index (κ2) is 15.7. The lowest BCUT2D eigenvalue weighted by Crippen LogP contribution is -2.53. The quantitative estimate of drug-likeness (QED) is 0.157. The van der Waals surface area contributed by atoms with E-state index in [-0.39, 0.29) is 29.1 Å². The zero-order valence-electron chi connectivity index (χ0n) is 25.3. The smallest absolute Gasteiger partial charge is 0.264 e. The molecule has 0 aliphatic rings. The third kappa shape index (κ3) is 8.93. The fourth-order valence-corrected chi connectivity index (χ4v) is 6.38. The molecule has 0 aliphatic heterocycles. The van der Waals surface area contributed by atoms with E-state index >= 15 is 4.39 Å². The number of hydrogen-bond donors (Lipinski definition) is 1. The molecule has 0 spiro atoms. The molecule has 0 aromatic heterocycles. The molecular formula is C35H37ClFN3O4S. The van der Waals surface area contributed by atoms with Crippen LogP contribution >= 0.6 is 11.6 Å². The van der Waals surface area contributed by atoms with Gasteiger partial charge in [-0.05, 0) is 61.4 Å². The van der Waals surface area contributed by atoms with Crippen molar-refractivity contribution in [1.29, 1.82) is 0 Å². The van der Waals surface area contributed by atoms with Crippen molar-refractivity contribution in [2.75, 3.05) is 17.4 Å². The molecule has 0 fully saturated rings. The Morgan fingerprint density at radius 3 is 2.18 bits per heavy atom. The number of carbonyl (C=O) groups is 2. The number of hydrogen-bond acceptors (Lipinski definition) is 4. The molecule has 0 saturated heterocycles. The van der Waals surface area contributed by atoms with Crippen molar-refractivity contribution < 1.29 is 22.4 Å². The number of unbranched alkanes of at least 4 members (excludes halogenated alkanes) is 1. The van der Waals surface area contributed by atoms with E-state index in [0.29, 0.717) is 11.6 Å². The first kappa shape index (κ1) is 33.7. The van der Waals surface area contributed by atoms with Crippen LogP contribution < -0.4 is 9.62 Å². The van der Waals surface area contributed by atoms with Crippen LogP contribution in [0.1, 0.15) is 36.5 Å². The molecule has 0 radical (unpaired) electrons. The third-order valence-electron chi connectivity index (χ3n) is 7.40. The van der Waals surface area contributed by atoms with Crippen LogP contribution in [-0.4, -0.2) is 44.3 Å². The maximum atomic E-state index is 15.0. The largest absolute Gasteiger partial charge is 0.354 e. The Morgan fingerprint density at radius 1 is 0.889 bits per heavy atom. The van der Waals surface area contributed by atoms with Gasteiger partial charge in [0.1, 0.15) is 18.4 Å². The molecule has 1 N–H and O–H groups in total. The average Bonchev–Trinajstić information content (AvgIpc) is 3.03. The lowest BCUT2D eigenvalue weighted by molar-refractivity contribution is -0.140. The normalized spacial score (nSPS) is 11.9. The van der Waals surface area contributed by atoms with Gasteiger partial charge >= 0.3 is 0 Å². The van der Waals surface area contributed by atoms with Crippen LogP contribution in [0.2, 0.25) is 5.02 Å². The zero-order chi connectivity index (χ0) is 32.4. The number of nitrogens with one attached hydrogen (secondary N) is 1. The summed E-state index contributed by atoms with van der Waals surface area (Å²) in [5.74, 6) is -1.60. The first-order valence-electron chi connectivity index (χ1n) is 14.8. The fourth-order valence-electron chi connectivity index (χ4n) is 4.84. The van der Waals surface area contributed by atoms with E-state index in [1.807, 2.05) is 44.2 Å². The number of nitrogens with zero attached hydrogens (tertiary/aromatic N) is 2. The van der Waals surface area contributed by atoms with Crippen LogP contribution in [0, 0.1) is 12.7 Å². The van der Waals surface area contributed by atoms with Crippen LogP contribution in [0.4, 0.5) is 10.1 Å². The van der Waals surface area contributed by atoms with Crippen LogP contribution in [0.25, 0.3) is 0 Å². The Bertz CT molecular complexity index is 1680. The van der Waals surface area contributed by atoms with Crippen molar-refractivity contribution in [3.05, 3.63) is 131 Å². The summed E-state index contributed by atoms with van der Waals surface area (Å²) >= 11 is 6.03. The molecule has 4 aromatic rings. The van der Waals surface area contributed by atoms with Gasteiger partial charge in [0, 0.05) is 30.1 Å². The Balaban J connectivity index is 1.79. The number of benzene rings is 4. The number of sulfonamides is 1. The van der Waals surface area contributed by atoms with Gasteiger partial charge in [-0.15, -0.1) is 0 Å². The van der Waals surface area contributed by atoms with E-state index < -0.39 is 40.2 Å². The van der Waals surface area contributed by atoms with Gasteiger partial charge in [0.25, 0.3) is 10.0 Å². The van der Waals surface area contributed by atoms with Crippen LogP contribution in [-0.2, 0) is 32.6 Å². The summed E-state index contributed by atoms with van der Waals surface area (Å²) in [6.07, 6.45) is 1.74. The van der Waals surface area contributed by atoms with Crippen LogP contribution in [0.5, 0.6) is 0 Å². The predicted octanol–water partition coefficient (Wildman–Crippen LogP) is 6.54. The molecular weight excluding hydrogens is 613 g/mol. The molecule has 0 unspecified atom stereocenters. The van der Waals surface area contributed by atoms with Crippen molar-refractivity contribution in [3.63, 3.8) is 0 Å². The Hall–Kier alpha value is -4.21. The maximum absolute atomic E-state index is 15.0. The SMILES string of the molecule is CCCCNC(=O)[C@H](Cc1ccccc1)N(Cc1ccccc1F)C(=O)CN(c1ccc(C)cc1)S(=O)(=O)c1ccc(Cl)cc1. The minimum absolute atomic E-state index is 0.0564. The third-order valence-corrected chi connectivity index (χ3v) is 9.44. The number of halogens is 2. The van der Waals surface area contributed by atoms with E-state index in [2.05, 4.69) is 5.32 Å². The average molecular weight is 650 g/mol. The summed E-state index contributed by atoms with van der Waals surface area (Å²) in [5.41, 5.74) is 2.17. The molecule has 0 heterocycles. The molecule has 0 bridgehead atoms. The lowest BCUT2D eigenvalue weighted by Gasteiger charge is -2.34. The van der Waals surface area contributed by atoms with Gasteiger partial charge < -0.3 is 10.2 Å². The van der Waals surface area contributed by atoms with Gasteiger partial charge in [0.15, 0.2) is 0 Å². The summed E-state index contributed by atoms with van der Waals surface area (Å²) in [6, 6.07) is 26.6. The van der Waals surface area contributed by atoms with Gasteiger partial charge in [0.2, 0.25) is 11.8 Å². The van der Waals surface area contributed by atoms with Gasteiger partial charge in [-0.3, -0.25) is 13.9 Å². The number of rotatable bonds is 14. The standard InChI is InChI=1S/C35H37ClFN3O4S/c1-3-4-22-38-35(42)33(23-27-10-6-5-7-11-27)39(24-28-12-8-9-13-32(28)37)34(41)25-40(30-18-14-26(2)15-19-30)45(43,44)31-20-16-29(36)17-21-31/h5-21,33H,3-4,22-25H2,1-2H3,(H,38,42)/t33-/m0/s1. The Labute approximate surface area is 269 Å². The fraction of sp³-hybridized carbons (Fsp3) is 0.257.